The van der Waals surface area contributed by atoms with Crippen molar-refractivity contribution < 1.29 is 27.7 Å². The zero-order valence-corrected chi connectivity index (χ0v) is 23.9. The van der Waals surface area contributed by atoms with Gasteiger partial charge in [-0.05, 0) is 44.0 Å². The van der Waals surface area contributed by atoms with Crippen molar-refractivity contribution >= 4 is 56.4 Å². The van der Waals surface area contributed by atoms with Gasteiger partial charge in [-0.15, -0.1) is 0 Å². The van der Waals surface area contributed by atoms with E-state index < -0.39 is 45.0 Å². The molecule has 11 nitrogen and oxygen atoms in total. The Balaban J connectivity index is 2.53. The number of hydrogen-bond donors (Lipinski definition) is 1. The zero-order chi connectivity index (χ0) is 28.8. The van der Waals surface area contributed by atoms with E-state index in [0.29, 0.717) is 21.3 Å². The molecule has 0 aliphatic rings. The van der Waals surface area contributed by atoms with Crippen LogP contribution in [0, 0.1) is 10.1 Å². The number of amides is 2. The average molecular weight is 589 g/mol. The lowest BCUT2D eigenvalue weighted by Gasteiger charge is -2.32. The summed E-state index contributed by atoms with van der Waals surface area (Å²) in [6, 6.07) is 6.97. The summed E-state index contributed by atoms with van der Waals surface area (Å²) in [5, 5.41) is 14.7. The fraction of sp³-hybridized carbons (Fsp3) is 0.417. The Morgan fingerprint density at radius 3 is 2.32 bits per heavy atom. The van der Waals surface area contributed by atoms with Crippen molar-refractivity contribution in [2.75, 3.05) is 24.2 Å². The van der Waals surface area contributed by atoms with Gasteiger partial charge in [0.25, 0.3) is 5.69 Å². The minimum absolute atomic E-state index is 0.00687. The molecule has 2 unspecified atom stereocenters. The number of sulfonamides is 1. The molecule has 0 fully saturated rings. The number of nitro benzene ring substituents is 1. The number of hydrogen-bond acceptors (Lipinski definition) is 7. The van der Waals surface area contributed by atoms with Gasteiger partial charge in [-0.1, -0.05) is 36.2 Å². The molecule has 0 saturated heterocycles. The summed E-state index contributed by atoms with van der Waals surface area (Å²) in [5.74, 6) is -1.17. The van der Waals surface area contributed by atoms with Gasteiger partial charge >= 0.3 is 0 Å². The number of ether oxygens (including phenoxy) is 1. The first-order valence-corrected chi connectivity index (χ1v) is 14.1. The zero-order valence-electron chi connectivity index (χ0n) is 21.6. The molecule has 0 aromatic heterocycles. The summed E-state index contributed by atoms with van der Waals surface area (Å²) in [7, 11) is -2.86. The molecular formula is C24H30Cl2N4O7S. The second kappa shape index (κ2) is 13.1. The third kappa shape index (κ3) is 7.95. The molecule has 0 bridgehead atoms. The predicted octanol–water partition coefficient (Wildman–Crippen LogP) is 4.01. The van der Waals surface area contributed by atoms with Crippen molar-refractivity contribution in [3.63, 3.8) is 0 Å². The smallest absolute Gasteiger partial charge is 0.271 e. The van der Waals surface area contributed by atoms with E-state index in [9.17, 15) is 28.1 Å². The largest absolute Gasteiger partial charge is 0.495 e. The molecule has 38 heavy (non-hydrogen) atoms. The monoisotopic (exact) mass is 588 g/mol. The molecule has 0 radical (unpaired) electrons. The van der Waals surface area contributed by atoms with Gasteiger partial charge in [-0.3, -0.25) is 24.0 Å². The molecular weight excluding hydrogens is 559 g/mol. The highest BCUT2D eigenvalue weighted by Gasteiger charge is 2.32. The molecule has 208 valence electrons. The number of non-ortho nitro benzene ring substituents is 1. The standard InChI is InChI=1S/C24H30Cl2N4O7S/c1-6-15(2)27-24(32)16(3)28(13-17-7-9-19(25)20(26)11-17)23(31)14-29(38(5,35)36)21-12-18(30(33)34)8-10-22(21)37-4/h7-12,15-16H,6,13-14H2,1-5H3,(H,27,32). The molecule has 1 N–H and O–H groups in total. The van der Waals surface area contributed by atoms with E-state index in [2.05, 4.69) is 5.32 Å². The molecule has 0 saturated carbocycles. The number of rotatable bonds is 12. The maximum Gasteiger partial charge on any atom is 0.271 e. The van der Waals surface area contributed by atoms with E-state index in [0.717, 1.165) is 18.4 Å². The molecule has 0 spiro atoms. The van der Waals surface area contributed by atoms with Crippen LogP contribution in [-0.2, 0) is 26.2 Å². The average Bonchev–Trinajstić information content (AvgIpc) is 2.85. The van der Waals surface area contributed by atoms with E-state index in [1.54, 1.807) is 18.2 Å². The Morgan fingerprint density at radius 2 is 1.79 bits per heavy atom. The maximum atomic E-state index is 13.7. The molecule has 14 heteroatoms. The van der Waals surface area contributed by atoms with Gasteiger partial charge in [0.2, 0.25) is 21.8 Å². The minimum atomic E-state index is -4.13. The lowest BCUT2D eigenvalue weighted by Crippen LogP contribution is -2.52. The van der Waals surface area contributed by atoms with Crippen molar-refractivity contribution in [2.45, 2.75) is 45.8 Å². The van der Waals surface area contributed by atoms with Gasteiger partial charge in [0.05, 0.1) is 28.3 Å². The number of methoxy groups -OCH3 is 1. The summed E-state index contributed by atoms with van der Waals surface area (Å²) in [6.07, 6.45) is 1.52. The van der Waals surface area contributed by atoms with Gasteiger partial charge < -0.3 is 15.0 Å². The molecule has 0 aliphatic heterocycles. The first kappa shape index (κ1) is 31.1. The molecule has 2 atom stereocenters. The second-order valence-electron chi connectivity index (χ2n) is 8.65. The lowest BCUT2D eigenvalue weighted by molar-refractivity contribution is -0.384. The number of halogens is 2. The lowest BCUT2D eigenvalue weighted by atomic mass is 10.1. The SMILES string of the molecule is CCC(C)NC(=O)C(C)N(Cc1ccc(Cl)c(Cl)c1)C(=O)CN(c1cc([N+](=O)[O-])ccc1OC)S(C)(=O)=O. The quantitative estimate of drug-likeness (QED) is 0.292. The van der Waals surface area contributed by atoms with Crippen LogP contribution in [-0.4, -0.2) is 62.0 Å². The number of nitrogens with one attached hydrogen (secondary N) is 1. The van der Waals surface area contributed by atoms with Crippen LogP contribution in [0.1, 0.15) is 32.8 Å². The summed E-state index contributed by atoms with van der Waals surface area (Å²) in [5.41, 5.74) is -0.0330. The van der Waals surface area contributed by atoms with Crippen LogP contribution >= 0.6 is 23.2 Å². The van der Waals surface area contributed by atoms with Gasteiger partial charge in [0, 0.05) is 24.7 Å². The number of benzene rings is 2. The van der Waals surface area contributed by atoms with Crippen molar-refractivity contribution in [2.24, 2.45) is 0 Å². The van der Waals surface area contributed by atoms with Crippen molar-refractivity contribution in [3.05, 3.63) is 62.1 Å². The normalized spacial score (nSPS) is 12.8. The molecule has 0 heterocycles. The maximum absolute atomic E-state index is 13.7. The summed E-state index contributed by atoms with van der Waals surface area (Å²) in [6.45, 7) is 4.39. The van der Waals surface area contributed by atoms with E-state index in [1.165, 1.54) is 25.0 Å². The van der Waals surface area contributed by atoms with Crippen LogP contribution in [0.4, 0.5) is 11.4 Å². The molecule has 2 aromatic rings. The fourth-order valence-electron chi connectivity index (χ4n) is 3.46. The highest BCUT2D eigenvalue weighted by Crippen LogP contribution is 2.34. The Hall–Kier alpha value is -3.09. The van der Waals surface area contributed by atoms with Gasteiger partial charge in [-0.2, -0.15) is 0 Å². The Morgan fingerprint density at radius 1 is 1.13 bits per heavy atom. The molecule has 2 amide bonds. The van der Waals surface area contributed by atoms with Crippen LogP contribution in [0.3, 0.4) is 0 Å². The minimum Gasteiger partial charge on any atom is -0.495 e. The van der Waals surface area contributed by atoms with E-state index in [1.807, 2.05) is 13.8 Å². The Labute approximate surface area is 231 Å². The predicted molar refractivity (Wildman–Crippen MR) is 146 cm³/mol. The first-order valence-electron chi connectivity index (χ1n) is 11.5. The van der Waals surface area contributed by atoms with Crippen LogP contribution in [0.25, 0.3) is 0 Å². The third-order valence-electron chi connectivity index (χ3n) is 5.83. The van der Waals surface area contributed by atoms with Crippen LogP contribution in [0.2, 0.25) is 10.0 Å². The topological polar surface area (TPSA) is 139 Å². The van der Waals surface area contributed by atoms with E-state index in [-0.39, 0.29) is 29.0 Å². The molecule has 2 aromatic carbocycles. The van der Waals surface area contributed by atoms with Crippen LogP contribution in [0.15, 0.2) is 36.4 Å². The fourth-order valence-corrected chi connectivity index (χ4v) is 4.63. The van der Waals surface area contributed by atoms with Gasteiger partial charge in [0.15, 0.2) is 0 Å². The van der Waals surface area contributed by atoms with Crippen molar-refractivity contribution in [1.29, 1.82) is 0 Å². The van der Waals surface area contributed by atoms with Crippen molar-refractivity contribution in [3.8, 4) is 5.75 Å². The van der Waals surface area contributed by atoms with Gasteiger partial charge in [0.1, 0.15) is 24.0 Å². The Bertz CT molecular complexity index is 1310. The number of nitrogens with zero attached hydrogens (tertiary/aromatic N) is 3. The number of carbonyl (C=O) groups excluding carboxylic acids is 2. The van der Waals surface area contributed by atoms with Crippen LogP contribution in [0.5, 0.6) is 5.75 Å². The number of carbonyl (C=O) groups is 2. The number of nitro groups is 1. The van der Waals surface area contributed by atoms with Crippen molar-refractivity contribution in [1.82, 2.24) is 10.2 Å². The van der Waals surface area contributed by atoms with E-state index >= 15 is 0 Å². The van der Waals surface area contributed by atoms with Gasteiger partial charge in [-0.25, -0.2) is 8.42 Å². The summed E-state index contributed by atoms with van der Waals surface area (Å²) in [4.78, 5) is 38.5. The summed E-state index contributed by atoms with van der Waals surface area (Å²) >= 11 is 12.1. The molecule has 0 aliphatic carbocycles. The highest BCUT2D eigenvalue weighted by molar-refractivity contribution is 7.92. The number of anilines is 1. The summed E-state index contributed by atoms with van der Waals surface area (Å²) < 4.78 is 31.5. The Kier molecular flexibility index (Phi) is 10.7. The third-order valence-corrected chi connectivity index (χ3v) is 7.69. The van der Waals surface area contributed by atoms with E-state index in [4.69, 9.17) is 27.9 Å². The van der Waals surface area contributed by atoms with Crippen LogP contribution < -0.4 is 14.4 Å². The molecule has 2 rings (SSSR count). The highest BCUT2D eigenvalue weighted by atomic mass is 35.5. The first-order chi connectivity index (χ1) is 17.7. The second-order valence-corrected chi connectivity index (χ2v) is 11.4.